The maximum atomic E-state index is 12.2. The quantitative estimate of drug-likeness (QED) is 0.640. The Morgan fingerprint density at radius 2 is 2.20 bits per heavy atom. The van der Waals surface area contributed by atoms with Crippen molar-refractivity contribution in [1.29, 1.82) is 5.26 Å². The molecule has 0 unspecified atom stereocenters. The molecule has 3 rings (SSSR count). The molecule has 0 bridgehead atoms. The molecule has 0 aliphatic heterocycles. The van der Waals surface area contributed by atoms with E-state index in [4.69, 9.17) is 5.26 Å². The number of hydrogen-bond donors (Lipinski definition) is 0. The number of rotatable bonds is 0. The Labute approximate surface area is 88.5 Å². The van der Waals surface area contributed by atoms with E-state index >= 15 is 0 Å². The molecular formula is C13H11NO. The first-order chi connectivity index (χ1) is 7.28. The van der Waals surface area contributed by atoms with Crippen LogP contribution < -0.4 is 0 Å². The van der Waals surface area contributed by atoms with Crippen LogP contribution >= 0.6 is 0 Å². The summed E-state index contributed by atoms with van der Waals surface area (Å²) in [5.41, 5.74) is 1.70. The van der Waals surface area contributed by atoms with Gasteiger partial charge in [0.2, 0.25) is 0 Å². The van der Waals surface area contributed by atoms with Crippen molar-refractivity contribution in [3.05, 3.63) is 35.4 Å². The van der Waals surface area contributed by atoms with E-state index in [1.54, 1.807) is 0 Å². The zero-order valence-corrected chi connectivity index (χ0v) is 8.36. The minimum Gasteiger partial charge on any atom is -0.293 e. The second kappa shape index (κ2) is 2.70. The topological polar surface area (TPSA) is 40.9 Å². The van der Waals surface area contributed by atoms with Gasteiger partial charge in [-0.15, -0.1) is 0 Å². The van der Waals surface area contributed by atoms with Crippen molar-refractivity contribution < 1.29 is 4.79 Å². The summed E-state index contributed by atoms with van der Waals surface area (Å²) in [4.78, 5) is 12.2. The van der Waals surface area contributed by atoms with Gasteiger partial charge in [0, 0.05) is 5.56 Å². The second-order valence-electron chi connectivity index (χ2n) is 4.53. The number of hydrogen-bond acceptors (Lipinski definition) is 2. The van der Waals surface area contributed by atoms with Gasteiger partial charge >= 0.3 is 0 Å². The third kappa shape index (κ3) is 1.01. The average molecular weight is 197 g/mol. The Hall–Kier alpha value is -1.62. The lowest BCUT2D eigenvalue weighted by Gasteiger charge is -2.22. The van der Waals surface area contributed by atoms with E-state index in [0.717, 1.165) is 30.4 Å². The summed E-state index contributed by atoms with van der Waals surface area (Å²) >= 11 is 0. The summed E-state index contributed by atoms with van der Waals surface area (Å²) in [5, 5.41) is 8.89. The fraction of sp³-hybridized carbons (Fsp3) is 0.385. The van der Waals surface area contributed by atoms with Crippen LogP contribution in [0.4, 0.5) is 0 Å². The Kier molecular flexibility index (Phi) is 1.56. The van der Waals surface area contributed by atoms with Gasteiger partial charge in [-0.05, 0) is 24.8 Å². The van der Waals surface area contributed by atoms with E-state index < -0.39 is 0 Å². The highest BCUT2D eigenvalue weighted by Crippen LogP contribution is 2.59. The van der Waals surface area contributed by atoms with Crippen molar-refractivity contribution in [1.82, 2.24) is 0 Å². The fourth-order valence-corrected chi connectivity index (χ4v) is 2.70. The van der Waals surface area contributed by atoms with Crippen LogP contribution in [-0.2, 0) is 6.42 Å². The lowest BCUT2D eigenvalue weighted by molar-refractivity contribution is 0.0872. The maximum absolute atomic E-state index is 12.2. The van der Waals surface area contributed by atoms with E-state index in [1.807, 2.05) is 24.3 Å². The number of carbonyl (C=O) groups excluding carboxylic acids is 1. The molecule has 1 spiro atoms. The second-order valence-corrected chi connectivity index (χ2v) is 4.53. The van der Waals surface area contributed by atoms with Gasteiger partial charge in [-0.25, -0.2) is 0 Å². The normalized spacial score (nSPS) is 32.2. The average Bonchev–Trinajstić information content (AvgIpc) is 2.99. The Balaban J connectivity index is 2.05. The number of fused-ring (bicyclic) bond motifs is 1. The summed E-state index contributed by atoms with van der Waals surface area (Å²) < 4.78 is 0. The number of nitrogens with zero attached hydrogens (tertiary/aromatic N) is 1. The van der Waals surface area contributed by atoms with Gasteiger partial charge in [0.05, 0.1) is 17.4 Å². The molecule has 2 aliphatic rings. The summed E-state index contributed by atoms with van der Waals surface area (Å²) in [6.45, 7) is 0. The molecule has 15 heavy (non-hydrogen) atoms. The van der Waals surface area contributed by atoms with E-state index in [9.17, 15) is 4.79 Å². The molecule has 2 nitrogen and oxygen atoms in total. The Morgan fingerprint density at radius 3 is 2.93 bits per heavy atom. The zero-order chi connectivity index (χ0) is 10.5. The third-order valence-electron chi connectivity index (χ3n) is 3.79. The first kappa shape index (κ1) is 8.67. The van der Waals surface area contributed by atoms with Gasteiger partial charge in [0.25, 0.3) is 0 Å². The molecule has 1 fully saturated rings. The summed E-state index contributed by atoms with van der Waals surface area (Å²) in [6, 6.07) is 10.0. The van der Waals surface area contributed by atoms with Crippen molar-refractivity contribution in [3.8, 4) is 6.07 Å². The summed E-state index contributed by atoms with van der Waals surface area (Å²) in [6.07, 6.45) is 2.58. The first-order valence-corrected chi connectivity index (χ1v) is 5.30. The van der Waals surface area contributed by atoms with Crippen LogP contribution in [0, 0.1) is 22.7 Å². The van der Waals surface area contributed by atoms with E-state index in [0.29, 0.717) is 0 Å². The molecule has 0 aromatic heterocycles. The predicted molar refractivity (Wildman–Crippen MR) is 55.2 cm³/mol. The summed E-state index contributed by atoms with van der Waals surface area (Å²) in [5.74, 6) is 0.175. The monoisotopic (exact) mass is 197 g/mol. The number of aryl methyl sites for hydroxylation is 1. The van der Waals surface area contributed by atoms with E-state index in [-0.39, 0.29) is 17.1 Å². The molecule has 0 N–H and O–H groups in total. The highest BCUT2D eigenvalue weighted by molar-refractivity contribution is 6.05. The van der Waals surface area contributed by atoms with Gasteiger partial charge in [-0.2, -0.15) is 5.26 Å². The Morgan fingerprint density at radius 1 is 1.40 bits per heavy atom. The minimum absolute atomic E-state index is 0.0293. The van der Waals surface area contributed by atoms with Crippen LogP contribution in [0.15, 0.2) is 24.3 Å². The van der Waals surface area contributed by atoms with Crippen molar-refractivity contribution in [2.75, 3.05) is 0 Å². The fourth-order valence-electron chi connectivity index (χ4n) is 2.70. The SMILES string of the molecule is N#C[C@@H]1C[C@]12CCc1ccccc1C2=O. The molecule has 0 heterocycles. The molecule has 0 saturated heterocycles. The van der Waals surface area contributed by atoms with Crippen LogP contribution in [0.1, 0.15) is 28.8 Å². The number of ketones is 1. The van der Waals surface area contributed by atoms with Crippen molar-refractivity contribution in [2.24, 2.45) is 11.3 Å². The molecule has 2 aliphatic carbocycles. The number of carbonyl (C=O) groups is 1. The van der Waals surface area contributed by atoms with Crippen LogP contribution in [0.2, 0.25) is 0 Å². The summed E-state index contributed by atoms with van der Waals surface area (Å²) in [7, 11) is 0. The van der Waals surface area contributed by atoms with Gasteiger partial charge in [0.15, 0.2) is 5.78 Å². The maximum Gasteiger partial charge on any atom is 0.170 e. The van der Waals surface area contributed by atoms with E-state index in [1.165, 1.54) is 0 Å². The number of benzene rings is 1. The third-order valence-corrected chi connectivity index (χ3v) is 3.79. The highest BCUT2D eigenvalue weighted by atomic mass is 16.1. The van der Waals surface area contributed by atoms with E-state index in [2.05, 4.69) is 6.07 Å². The molecule has 2 atom stereocenters. The van der Waals surface area contributed by atoms with Crippen LogP contribution in [0.5, 0.6) is 0 Å². The van der Waals surface area contributed by atoms with Gasteiger partial charge in [0.1, 0.15) is 0 Å². The first-order valence-electron chi connectivity index (χ1n) is 5.30. The van der Waals surface area contributed by atoms with Crippen molar-refractivity contribution in [2.45, 2.75) is 19.3 Å². The predicted octanol–water partition coefficient (Wildman–Crippen LogP) is 2.35. The van der Waals surface area contributed by atoms with Crippen molar-refractivity contribution in [3.63, 3.8) is 0 Å². The standard InChI is InChI=1S/C13H11NO/c14-8-10-7-13(10)6-5-9-3-1-2-4-11(9)12(13)15/h1-4,10H,5-7H2/t10-,13+/m0/s1. The molecule has 0 amide bonds. The van der Waals surface area contributed by atoms with Crippen molar-refractivity contribution >= 4 is 5.78 Å². The lowest BCUT2D eigenvalue weighted by Crippen LogP contribution is -2.25. The minimum atomic E-state index is -0.302. The van der Waals surface area contributed by atoms with Crippen LogP contribution in [-0.4, -0.2) is 5.78 Å². The van der Waals surface area contributed by atoms with Crippen LogP contribution in [0.3, 0.4) is 0 Å². The number of Topliss-reactive ketones (excluding diaryl/α,β-unsaturated/α-hetero) is 1. The van der Waals surface area contributed by atoms with Gasteiger partial charge < -0.3 is 0 Å². The smallest absolute Gasteiger partial charge is 0.170 e. The van der Waals surface area contributed by atoms with Gasteiger partial charge in [-0.3, -0.25) is 4.79 Å². The zero-order valence-electron chi connectivity index (χ0n) is 8.36. The lowest BCUT2D eigenvalue weighted by atomic mass is 9.79. The highest BCUT2D eigenvalue weighted by Gasteiger charge is 2.61. The molecule has 0 radical (unpaired) electrons. The molecular weight excluding hydrogens is 186 g/mol. The number of nitriles is 1. The van der Waals surface area contributed by atoms with Gasteiger partial charge in [-0.1, -0.05) is 24.3 Å². The van der Waals surface area contributed by atoms with Crippen LogP contribution in [0.25, 0.3) is 0 Å². The Bertz CT molecular complexity index is 486. The molecule has 1 saturated carbocycles. The largest absolute Gasteiger partial charge is 0.293 e. The molecule has 1 aromatic rings. The molecule has 74 valence electrons. The molecule has 2 heteroatoms. The molecule has 1 aromatic carbocycles.